The fourth-order valence-electron chi connectivity index (χ4n) is 1.26. The summed E-state index contributed by atoms with van der Waals surface area (Å²) in [5, 5.41) is 9.17. The monoisotopic (exact) mass is 171 g/mol. The molecule has 0 bridgehead atoms. The number of hydrogen-bond donors (Lipinski definition) is 1. The molecule has 68 valence electrons. The number of imide groups is 1. The average molecular weight is 171 g/mol. The predicted octanol–water partition coefficient (Wildman–Crippen LogP) is -0.0953. The predicted molar refractivity (Wildman–Crippen MR) is 42.2 cm³/mol. The van der Waals surface area contributed by atoms with Gasteiger partial charge in [-0.1, -0.05) is 0 Å². The highest BCUT2D eigenvalue weighted by Gasteiger charge is 2.34. The standard InChI is InChI=1S/C8H13NO3/c1-5(6(2)10)9-7(11)3-4-8(9)12/h5-6,10H,3-4H2,1-2H3. The van der Waals surface area contributed by atoms with Crippen LogP contribution in [0.1, 0.15) is 26.7 Å². The molecule has 1 aliphatic rings. The third-order valence-electron chi connectivity index (χ3n) is 2.20. The van der Waals surface area contributed by atoms with E-state index in [4.69, 9.17) is 0 Å². The number of hydrogen-bond acceptors (Lipinski definition) is 3. The Hall–Kier alpha value is -0.900. The van der Waals surface area contributed by atoms with Gasteiger partial charge in [0.05, 0.1) is 12.1 Å². The van der Waals surface area contributed by atoms with Crippen molar-refractivity contribution >= 4 is 11.8 Å². The molecule has 0 aromatic heterocycles. The molecule has 4 heteroatoms. The summed E-state index contributed by atoms with van der Waals surface area (Å²) in [6.07, 6.45) is -0.0813. The Bertz CT molecular complexity index is 196. The van der Waals surface area contributed by atoms with E-state index in [2.05, 4.69) is 0 Å². The Balaban J connectivity index is 2.72. The Kier molecular flexibility index (Phi) is 2.47. The minimum absolute atomic E-state index is 0.173. The normalized spacial score (nSPS) is 23.1. The molecule has 4 nitrogen and oxygen atoms in total. The second-order valence-corrected chi connectivity index (χ2v) is 3.14. The molecule has 0 aliphatic carbocycles. The summed E-state index contributed by atoms with van der Waals surface area (Å²) >= 11 is 0. The molecule has 0 saturated carbocycles. The molecule has 2 unspecified atom stereocenters. The quantitative estimate of drug-likeness (QED) is 0.590. The number of aliphatic hydroxyl groups is 1. The molecule has 1 N–H and O–H groups in total. The lowest BCUT2D eigenvalue weighted by Gasteiger charge is -2.24. The van der Waals surface area contributed by atoms with Crippen LogP contribution in [-0.2, 0) is 9.59 Å². The van der Waals surface area contributed by atoms with Crippen molar-refractivity contribution in [2.45, 2.75) is 38.8 Å². The molecular formula is C8H13NO3. The van der Waals surface area contributed by atoms with Crippen LogP contribution in [0.2, 0.25) is 0 Å². The molecular weight excluding hydrogens is 158 g/mol. The van der Waals surface area contributed by atoms with Gasteiger partial charge in [0.15, 0.2) is 0 Å². The Labute approximate surface area is 71.2 Å². The van der Waals surface area contributed by atoms with Crippen LogP contribution >= 0.6 is 0 Å². The first-order valence-corrected chi connectivity index (χ1v) is 4.07. The Morgan fingerprint density at radius 1 is 1.25 bits per heavy atom. The molecule has 1 aliphatic heterocycles. The van der Waals surface area contributed by atoms with E-state index in [1.807, 2.05) is 0 Å². The first-order chi connectivity index (χ1) is 5.54. The van der Waals surface area contributed by atoms with Crippen LogP contribution in [0.5, 0.6) is 0 Å². The van der Waals surface area contributed by atoms with Gasteiger partial charge in [-0.25, -0.2) is 0 Å². The fourth-order valence-corrected chi connectivity index (χ4v) is 1.26. The van der Waals surface area contributed by atoms with Crippen molar-refractivity contribution in [3.63, 3.8) is 0 Å². The average Bonchev–Trinajstić information content (AvgIpc) is 2.30. The topological polar surface area (TPSA) is 57.6 Å². The second-order valence-electron chi connectivity index (χ2n) is 3.14. The summed E-state index contributed by atoms with van der Waals surface area (Å²) in [4.78, 5) is 23.4. The van der Waals surface area contributed by atoms with Gasteiger partial charge in [0, 0.05) is 12.8 Å². The minimum Gasteiger partial charge on any atom is -0.391 e. The molecule has 0 spiro atoms. The van der Waals surface area contributed by atoms with Gasteiger partial charge < -0.3 is 5.11 Å². The Morgan fingerprint density at radius 3 is 2.00 bits per heavy atom. The van der Waals surface area contributed by atoms with E-state index in [9.17, 15) is 14.7 Å². The zero-order valence-corrected chi connectivity index (χ0v) is 7.28. The van der Waals surface area contributed by atoms with Gasteiger partial charge >= 0.3 is 0 Å². The van der Waals surface area contributed by atoms with E-state index in [0.29, 0.717) is 0 Å². The molecule has 1 heterocycles. The number of aliphatic hydroxyl groups excluding tert-OH is 1. The van der Waals surface area contributed by atoms with Crippen LogP contribution in [0.15, 0.2) is 0 Å². The zero-order valence-electron chi connectivity index (χ0n) is 7.28. The number of likely N-dealkylation sites (tertiary alicyclic amines) is 1. The van der Waals surface area contributed by atoms with Crippen molar-refractivity contribution in [1.82, 2.24) is 4.90 Å². The highest BCUT2D eigenvalue weighted by Crippen LogP contribution is 2.16. The molecule has 2 atom stereocenters. The van der Waals surface area contributed by atoms with Crippen LogP contribution in [0.3, 0.4) is 0 Å². The minimum atomic E-state index is -0.656. The summed E-state index contributed by atoms with van der Waals surface area (Å²) in [7, 11) is 0. The zero-order chi connectivity index (χ0) is 9.30. The van der Waals surface area contributed by atoms with Crippen LogP contribution < -0.4 is 0 Å². The van der Waals surface area contributed by atoms with Crippen molar-refractivity contribution in [3.05, 3.63) is 0 Å². The highest BCUT2D eigenvalue weighted by atomic mass is 16.3. The van der Waals surface area contributed by atoms with Crippen molar-refractivity contribution in [2.75, 3.05) is 0 Å². The molecule has 0 aromatic carbocycles. The third-order valence-corrected chi connectivity index (χ3v) is 2.20. The lowest BCUT2D eigenvalue weighted by atomic mass is 10.2. The lowest BCUT2D eigenvalue weighted by Crippen LogP contribution is -2.43. The van der Waals surface area contributed by atoms with Crippen molar-refractivity contribution in [1.29, 1.82) is 0 Å². The lowest BCUT2D eigenvalue weighted by molar-refractivity contribution is -0.143. The largest absolute Gasteiger partial charge is 0.391 e. The van der Waals surface area contributed by atoms with Gasteiger partial charge in [-0.05, 0) is 13.8 Å². The number of carbonyl (C=O) groups is 2. The third kappa shape index (κ3) is 1.48. The van der Waals surface area contributed by atoms with Crippen LogP contribution in [0.25, 0.3) is 0 Å². The maximum absolute atomic E-state index is 11.1. The van der Waals surface area contributed by atoms with Crippen LogP contribution in [0.4, 0.5) is 0 Å². The van der Waals surface area contributed by atoms with E-state index in [0.717, 1.165) is 4.90 Å². The molecule has 1 rings (SSSR count). The molecule has 1 fully saturated rings. The fraction of sp³-hybridized carbons (Fsp3) is 0.750. The van der Waals surface area contributed by atoms with Gasteiger partial charge in [-0.15, -0.1) is 0 Å². The number of rotatable bonds is 2. The summed E-state index contributed by atoms with van der Waals surface area (Å²) in [5.41, 5.74) is 0. The summed E-state index contributed by atoms with van der Waals surface area (Å²) in [6, 6.07) is -0.396. The van der Waals surface area contributed by atoms with Gasteiger partial charge in [-0.2, -0.15) is 0 Å². The molecule has 12 heavy (non-hydrogen) atoms. The van der Waals surface area contributed by atoms with Gasteiger partial charge in [0.25, 0.3) is 0 Å². The van der Waals surface area contributed by atoms with Gasteiger partial charge in [0.2, 0.25) is 11.8 Å². The van der Waals surface area contributed by atoms with E-state index >= 15 is 0 Å². The van der Waals surface area contributed by atoms with Gasteiger partial charge in [0.1, 0.15) is 0 Å². The second kappa shape index (κ2) is 3.23. The number of carbonyl (C=O) groups excluding carboxylic acids is 2. The van der Waals surface area contributed by atoms with E-state index in [1.165, 1.54) is 0 Å². The molecule has 0 radical (unpaired) electrons. The van der Waals surface area contributed by atoms with Gasteiger partial charge in [-0.3, -0.25) is 14.5 Å². The SMILES string of the molecule is CC(O)C(C)N1C(=O)CCC1=O. The maximum atomic E-state index is 11.1. The first kappa shape index (κ1) is 9.19. The van der Waals surface area contributed by atoms with Crippen molar-refractivity contribution in [3.8, 4) is 0 Å². The van der Waals surface area contributed by atoms with E-state index < -0.39 is 12.1 Å². The molecule has 0 aromatic rings. The first-order valence-electron chi connectivity index (χ1n) is 4.07. The Morgan fingerprint density at radius 2 is 1.67 bits per heavy atom. The smallest absolute Gasteiger partial charge is 0.230 e. The van der Waals surface area contributed by atoms with Crippen molar-refractivity contribution < 1.29 is 14.7 Å². The maximum Gasteiger partial charge on any atom is 0.230 e. The molecule has 2 amide bonds. The summed E-state index contributed by atoms with van der Waals surface area (Å²) in [5.74, 6) is -0.346. The molecule has 1 saturated heterocycles. The van der Waals surface area contributed by atoms with Crippen LogP contribution in [0, 0.1) is 0 Å². The summed E-state index contributed by atoms with van der Waals surface area (Å²) < 4.78 is 0. The van der Waals surface area contributed by atoms with E-state index in [-0.39, 0.29) is 24.7 Å². The van der Waals surface area contributed by atoms with Crippen LogP contribution in [-0.4, -0.2) is 34.0 Å². The van der Waals surface area contributed by atoms with E-state index in [1.54, 1.807) is 13.8 Å². The number of nitrogens with zero attached hydrogens (tertiary/aromatic N) is 1. The number of amides is 2. The highest BCUT2D eigenvalue weighted by molar-refractivity contribution is 6.02. The van der Waals surface area contributed by atoms with Crippen molar-refractivity contribution in [2.24, 2.45) is 0 Å². The summed E-state index contributed by atoms with van der Waals surface area (Å²) in [6.45, 7) is 3.25.